The highest BCUT2D eigenvalue weighted by molar-refractivity contribution is 5.97. The van der Waals surface area contributed by atoms with Crippen LogP contribution in [0.3, 0.4) is 0 Å². The lowest BCUT2D eigenvalue weighted by Crippen LogP contribution is -2.32. The predicted octanol–water partition coefficient (Wildman–Crippen LogP) is 3.83. The lowest BCUT2D eigenvalue weighted by molar-refractivity contribution is -0.115. The average molecular weight is 382 g/mol. The quantitative estimate of drug-likeness (QED) is 0.690. The van der Waals surface area contributed by atoms with Gasteiger partial charge in [-0.2, -0.15) is 0 Å². The number of carboxylic acid groups (broad SMARTS) is 1. The Bertz CT molecular complexity index is 825. The first-order chi connectivity index (χ1) is 13.5. The smallest absolute Gasteiger partial charge is 0.335 e. The highest BCUT2D eigenvalue weighted by Gasteiger charge is 2.15. The maximum Gasteiger partial charge on any atom is 0.335 e. The van der Waals surface area contributed by atoms with Crippen LogP contribution in [-0.4, -0.2) is 40.9 Å². The van der Waals surface area contributed by atoms with Gasteiger partial charge in [-0.25, -0.2) is 4.79 Å². The molecule has 0 aliphatic carbocycles. The molecule has 6 heteroatoms. The van der Waals surface area contributed by atoms with Crippen molar-refractivity contribution in [3.05, 3.63) is 65.2 Å². The molecule has 2 N–H and O–H groups in total. The van der Waals surface area contributed by atoms with Gasteiger partial charge < -0.3 is 15.3 Å². The molecule has 2 rings (SSSR count). The van der Waals surface area contributed by atoms with Crippen LogP contribution in [0.4, 0.5) is 5.69 Å². The monoisotopic (exact) mass is 382 g/mol. The second-order valence-corrected chi connectivity index (χ2v) is 6.56. The van der Waals surface area contributed by atoms with Crippen LogP contribution in [0.25, 0.3) is 0 Å². The van der Waals surface area contributed by atoms with E-state index in [1.165, 1.54) is 6.07 Å². The van der Waals surface area contributed by atoms with Crippen LogP contribution in [0, 0.1) is 0 Å². The summed E-state index contributed by atoms with van der Waals surface area (Å²) >= 11 is 0. The molecule has 28 heavy (non-hydrogen) atoms. The van der Waals surface area contributed by atoms with Crippen LogP contribution in [0.1, 0.15) is 53.0 Å². The molecule has 0 fully saturated rings. The largest absolute Gasteiger partial charge is 0.478 e. The van der Waals surface area contributed by atoms with Crippen molar-refractivity contribution in [3.8, 4) is 0 Å². The van der Waals surface area contributed by atoms with Crippen LogP contribution in [0.15, 0.2) is 48.5 Å². The fourth-order valence-corrected chi connectivity index (χ4v) is 2.99. The van der Waals surface area contributed by atoms with Crippen molar-refractivity contribution >= 4 is 23.5 Å². The summed E-state index contributed by atoms with van der Waals surface area (Å²) in [5.41, 5.74) is 1.71. The van der Waals surface area contributed by atoms with E-state index < -0.39 is 5.97 Å². The number of hydrogen-bond acceptors (Lipinski definition) is 3. The van der Waals surface area contributed by atoms with Crippen molar-refractivity contribution in [2.45, 2.75) is 33.1 Å². The molecule has 2 amide bonds. The Hall–Kier alpha value is -3.15. The first-order valence-corrected chi connectivity index (χ1v) is 9.46. The number of carbonyl (C=O) groups is 3. The molecule has 6 nitrogen and oxygen atoms in total. The van der Waals surface area contributed by atoms with Gasteiger partial charge in [-0.15, -0.1) is 0 Å². The van der Waals surface area contributed by atoms with E-state index in [-0.39, 0.29) is 23.8 Å². The molecular weight excluding hydrogens is 356 g/mol. The molecule has 0 unspecified atom stereocenters. The van der Waals surface area contributed by atoms with Crippen LogP contribution in [0.5, 0.6) is 0 Å². The molecule has 2 aromatic rings. The summed E-state index contributed by atoms with van der Waals surface area (Å²) in [6, 6.07) is 13.2. The Balaban J connectivity index is 2.03. The van der Waals surface area contributed by atoms with Gasteiger partial charge in [-0.3, -0.25) is 9.59 Å². The highest BCUT2D eigenvalue weighted by atomic mass is 16.4. The van der Waals surface area contributed by atoms with Gasteiger partial charge in [0, 0.05) is 24.3 Å². The Morgan fingerprint density at radius 2 is 1.54 bits per heavy atom. The predicted molar refractivity (Wildman–Crippen MR) is 109 cm³/mol. The Morgan fingerprint density at radius 1 is 0.929 bits per heavy atom. The van der Waals surface area contributed by atoms with Crippen LogP contribution < -0.4 is 5.32 Å². The minimum atomic E-state index is -1.06. The summed E-state index contributed by atoms with van der Waals surface area (Å²) in [6.07, 6.45) is 1.76. The van der Waals surface area contributed by atoms with Gasteiger partial charge in [0.2, 0.25) is 5.91 Å². The first kappa shape index (κ1) is 21.2. The number of benzene rings is 2. The number of hydrogen-bond donors (Lipinski definition) is 2. The van der Waals surface area contributed by atoms with E-state index in [0.29, 0.717) is 29.9 Å². The second kappa shape index (κ2) is 10.3. The zero-order chi connectivity index (χ0) is 20.5. The van der Waals surface area contributed by atoms with Crippen molar-refractivity contribution in [1.82, 2.24) is 4.90 Å². The molecule has 0 heterocycles. The normalized spacial score (nSPS) is 10.4. The van der Waals surface area contributed by atoms with Gasteiger partial charge in [0.1, 0.15) is 0 Å². The average Bonchev–Trinajstić information content (AvgIpc) is 2.68. The summed E-state index contributed by atoms with van der Waals surface area (Å²) < 4.78 is 0. The lowest BCUT2D eigenvalue weighted by Gasteiger charge is -2.21. The minimum Gasteiger partial charge on any atom is -0.478 e. The first-order valence-electron chi connectivity index (χ1n) is 9.46. The summed E-state index contributed by atoms with van der Waals surface area (Å²) in [4.78, 5) is 37.9. The maximum atomic E-state index is 12.6. The van der Waals surface area contributed by atoms with E-state index in [2.05, 4.69) is 5.32 Å². The molecule has 148 valence electrons. The summed E-state index contributed by atoms with van der Waals surface area (Å²) in [5, 5.41) is 11.9. The fraction of sp³-hybridized carbons (Fsp3) is 0.318. The Labute approximate surface area is 165 Å². The van der Waals surface area contributed by atoms with Gasteiger partial charge in [0.25, 0.3) is 5.91 Å². The van der Waals surface area contributed by atoms with Gasteiger partial charge in [-0.1, -0.05) is 32.0 Å². The third-order valence-corrected chi connectivity index (χ3v) is 4.29. The van der Waals surface area contributed by atoms with Crippen LogP contribution in [0.2, 0.25) is 0 Å². The number of aromatic carboxylic acids is 1. The van der Waals surface area contributed by atoms with Crippen LogP contribution >= 0.6 is 0 Å². The summed E-state index contributed by atoms with van der Waals surface area (Å²) in [6.45, 7) is 5.51. The van der Waals surface area contributed by atoms with Crippen molar-refractivity contribution in [2.24, 2.45) is 0 Å². The Kier molecular flexibility index (Phi) is 7.75. The molecule has 0 aliphatic rings. The third-order valence-electron chi connectivity index (χ3n) is 4.29. The number of nitrogens with one attached hydrogen (secondary N) is 1. The molecule has 0 saturated carbocycles. The van der Waals surface area contributed by atoms with Crippen molar-refractivity contribution in [3.63, 3.8) is 0 Å². The molecule has 0 saturated heterocycles. The highest BCUT2D eigenvalue weighted by Crippen LogP contribution is 2.14. The van der Waals surface area contributed by atoms with Crippen LogP contribution in [-0.2, 0) is 11.2 Å². The number of anilines is 1. The maximum absolute atomic E-state index is 12.6. The van der Waals surface area contributed by atoms with Gasteiger partial charge >= 0.3 is 5.97 Å². The van der Waals surface area contributed by atoms with E-state index in [4.69, 9.17) is 0 Å². The molecule has 0 aromatic heterocycles. The number of amides is 2. The van der Waals surface area contributed by atoms with E-state index in [9.17, 15) is 19.5 Å². The van der Waals surface area contributed by atoms with Crippen molar-refractivity contribution < 1.29 is 19.5 Å². The van der Waals surface area contributed by atoms with Crippen molar-refractivity contribution in [1.29, 1.82) is 0 Å². The van der Waals surface area contributed by atoms with Gasteiger partial charge in [0.05, 0.1) is 12.0 Å². The van der Waals surface area contributed by atoms with E-state index >= 15 is 0 Å². The summed E-state index contributed by atoms with van der Waals surface area (Å²) in [7, 11) is 0. The number of carboxylic acids is 1. The zero-order valence-electron chi connectivity index (χ0n) is 16.3. The number of carbonyl (C=O) groups excluding carboxylic acids is 2. The molecule has 0 spiro atoms. The number of rotatable bonds is 9. The molecule has 0 bridgehead atoms. The Morgan fingerprint density at radius 3 is 2.11 bits per heavy atom. The summed E-state index contributed by atoms with van der Waals surface area (Å²) in [5.74, 6) is -1.39. The minimum absolute atomic E-state index is 0.0167. The second-order valence-electron chi connectivity index (χ2n) is 6.56. The molecular formula is C22H26N2O4. The number of nitrogens with zero attached hydrogens (tertiary/aromatic N) is 1. The fourth-order valence-electron chi connectivity index (χ4n) is 2.99. The lowest BCUT2D eigenvalue weighted by atomic mass is 10.0. The van der Waals surface area contributed by atoms with Gasteiger partial charge in [0.15, 0.2) is 0 Å². The molecule has 0 atom stereocenters. The van der Waals surface area contributed by atoms with E-state index in [1.54, 1.807) is 42.5 Å². The van der Waals surface area contributed by atoms with Gasteiger partial charge in [-0.05, 0) is 48.7 Å². The SMILES string of the molecule is CCCN(CCC)C(=O)c1ccc(NC(=O)Cc2ccccc2C(=O)O)cc1. The molecule has 0 aliphatic heterocycles. The topological polar surface area (TPSA) is 86.7 Å². The van der Waals surface area contributed by atoms with Crippen molar-refractivity contribution in [2.75, 3.05) is 18.4 Å². The van der Waals surface area contributed by atoms with E-state index in [0.717, 1.165) is 12.8 Å². The molecule has 2 aromatic carbocycles. The molecule has 0 radical (unpaired) electrons. The standard InChI is InChI=1S/C22H26N2O4/c1-3-13-24(14-4-2)21(26)16-9-11-18(12-10-16)23-20(25)15-17-7-5-6-8-19(17)22(27)28/h5-12H,3-4,13-15H2,1-2H3,(H,23,25)(H,27,28). The zero-order valence-corrected chi connectivity index (χ0v) is 16.3. The third kappa shape index (κ3) is 5.67. The van der Waals surface area contributed by atoms with E-state index in [1.807, 2.05) is 18.7 Å².